The van der Waals surface area contributed by atoms with Crippen molar-refractivity contribution in [3.8, 4) is 11.5 Å². The van der Waals surface area contributed by atoms with Crippen molar-refractivity contribution in [1.82, 2.24) is 15.6 Å². The van der Waals surface area contributed by atoms with E-state index in [1.807, 2.05) is 31.4 Å². The Morgan fingerprint density at radius 1 is 1.33 bits per heavy atom. The van der Waals surface area contributed by atoms with Crippen LogP contribution in [0.2, 0.25) is 0 Å². The van der Waals surface area contributed by atoms with Crippen LogP contribution < -0.4 is 20.1 Å². The topological polar surface area (TPSA) is 72.5 Å². The number of nitrogens with zero attached hydrogens (tertiary/aromatic N) is 1. The maximum absolute atomic E-state index is 12.0. The second-order valence-electron chi connectivity index (χ2n) is 5.34. The molecule has 130 valence electrons. The van der Waals surface area contributed by atoms with Crippen molar-refractivity contribution in [3.63, 3.8) is 0 Å². The molecule has 0 unspecified atom stereocenters. The molecule has 24 heavy (non-hydrogen) atoms. The van der Waals surface area contributed by atoms with Crippen LogP contribution in [0.3, 0.4) is 0 Å². The molecule has 2 aromatic rings. The Bertz CT molecular complexity index is 687. The minimum Gasteiger partial charge on any atom is -0.497 e. The van der Waals surface area contributed by atoms with Crippen LogP contribution in [0.1, 0.15) is 29.2 Å². The number of nitrogens with one attached hydrogen (secondary N) is 2. The monoisotopic (exact) mass is 349 g/mol. The van der Waals surface area contributed by atoms with Gasteiger partial charge in [0.2, 0.25) is 0 Å². The van der Waals surface area contributed by atoms with E-state index >= 15 is 0 Å². The summed E-state index contributed by atoms with van der Waals surface area (Å²) in [6.45, 7) is 4.42. The van der Waals surface area contributed by atoms with Crippen LogP contribution in [-0.4, -0.2) is 31.8 Å². The highest BCUT2D eigenvalue weighted by molar-refractivity contribution is 7.09. The highest BCUT2D eigenvalue weighted by Crippen LogP contribution is 2.29. The van der Waals surface area contributed by atoms with E-state index in [0.717, 1.165) is 22.7 Å². The number of aromatic nitrogens is 1. The number of hydrogen-bond acceptors (Lipinski definition) is 5. The quantitative estimate of drug-likeness (QED) is 0.806. The van der Waals surface area contributed by atoms with Gasteiger partial charge in [0, 0.05) is 30.0 Å². The van der Waals surface area contributed by atoms with Crippen LogP contribution >= 0.6 is 11.3 Å². The molecule has 0 aliphatic heterocycles. The Labute approximate surface area is 146 Å². The Hall–Kier alpha value is -2.28. The zero-order chi connectivity index (χ0) is 17.5. The Kier molecular flexibility index (Phi) is 6.43. The number of methoxy groups -OCH3 is 2. The van der Waals surface area contributed by atoms with Crippen molar-refractivity contribution in [3.05, 3.63) is 39.8 Å². The van der Waals surface area contributed by atoms with E-state index in [1.165, 1.54) is 0 Å². The molecule has 1 aromatic heterocycles. The third kappa shape index (κ3) is 4.86. The van der Waals surface area contributed by atoms with Gasteiger partial charge in [-0.1, -0.05) is 0 Å². The minimum atomic E-state index is -0.215. The number of aryl methyl sites for hydroxylation is 1. The molecule has 0 spiro atoms. The molecule has 1 atom stereocenters. The van der Waals surface area contributed by atoms with Crippen LogP contribution in [0.5, 0.6) is 11.5 Å². The number of carbonyl (C=O) groups excluding carboxylic acids is 1. The molecular formula is C17H23N3O3S. The maximum atomic E-state index is 12.0. The van der Waals surface area contributed by atoms with Gasteiger partial charge < -0.3 is 20.1 Å². The Balaban J connectivity index is 1.86. The highest BCUT2D eigenvalue weighted by atomic mass is 32.1. The summed E-state index contributed by atoms with van der Waals surface area (Å²) >= 11 is 1.61. The number of ether oxygens (including phenoxy) is 2. The standard InChI is InChI=1S/C17H23N3O3S/c1-11(15-6-5-14(22-3)9-16(15)23-4)19-17(21)18-8-7-13-10-24-12(2)20-13/h5-6,9-11H,7-8H2,1-4H3,(H2,18,19,21)/t11-/m1/s1. The second-order valence-corrected chi connectivity index (χ2v) is 6.40. The third-order valence-corrected chi connectivity index (χ3v) is 4.41. The van der Waals surface area contributed by atoms with E-state index < -0.39 is 0 Å². The molecule has 0 aliphatic rings. The summed E-state index contributed by atoms with van der Waals surface area (Å²) in [7, 11) is 3.20. The van der Waals surface area contributed by atoms with E-state index in [2.05, 4.69) is 15.6 Å². The van der Waals surface area contributed by atoms with Gasteiger partial charge in [0.1, 0.15) is 11.5 Å². The summed E-state index contributed by atoms with van der Waals surface area (Å²) in [5.74, 6) is 1.39. The van der Waals surface area contributed by atoms with Gasteiger partial charge in [-0.25, -0.2) is 9.78 Å². The molecular weight excluding hydrogens is 326 g/mol. The average Bonchev–Trinajstić information content (AvgIpc) is 2.99. The van der Waals surface area contributed by atoms with Gasteiger partial charge in [-0.05, 0) is 26.0 Å². The van der Waals surface area contributed by atoms with Gasteiger partial charge in [-0.15, -0.1) is 11.3 Å². The van der Waals surface area contributed by atoms with E-state index in [-0.39, 0.29) is 12.1 Å². The van der Waals surface area contributed by atoms with Gasteiger partial charge in [0.05, 0.1) is 31.0 Å². The number of carbonyl (C=O) groups is 1. The maximum Gasteiger partial charge on any atom is 0.315 e. The van der Waals surface area contributed by atoms with Crippen molar-refractivity contribution < 1.29 is 14.3 Å². The van der Waals surface area contributed by atoms with E-state index in [0.29, 0.717) is 18.0 Å². The first-order chi connectivity index (χ1) is 11.5. The molecule has 2 rings (SSSR count). The fraction of sp³-hybridized carbons (Fsp3) is 0.412. The van der Waals surface area contributed by atoms with E-state index in [9.17, 15) is 4.79 Å². The van der Waals surface area contributed by atoms with Crippen LogP contribution in [0.15, 0.2) is 23.6 Å². The molecule has 2 amide bonds. The molecule has 0 saturated heterocycles. The van der Waals surface area contributed by atoms with Crippen molar-refractivity contribution in [2.24, 2.45) is 0 Å². The normalized spacial score (nSPS) is 11.7. The summed E-state index contributed by atoms with van der Waals surface area (Å²) in [6.07, 6.45) is 0.720. The molecule has 0 bridgehead atoms. The number of hydrogen-bond donors (Lipinski definition) is 2. The lowest BCUT2D eigenvalue weighted by Gasteiger charge is -2.18. The summed E-state index contributed by atoms with van der Waals surface area (Å²) < 4.78 is 10.6. The second kappa shape index (κ2) is 8.54. The Morgan fingerprint density at radius 3 is 2.75 bits per heavy atom. The number of thiazole rings is 1. The smallest absolute Gasteiger partial charge is 0.315 e. The van der Waals surface area contributed by atoms with E-state index in [4.69, 9.17) is 9.47 Å². The largest absolute Gasteiger partial charge is 0.497 e. The summed E-state index contributed by atoms with van der Waals surface area (Å²) in [4.78, 5) is 16.4. The molecule has 0 fully saturated rings. The van der Waals surface area contributed by atoms with Gasteiger partial charge in [0.15, 0.2) is 0 Å². The van der Waals surface area contributed by atoms with E-state index in [1.54, 1.807) is 31.6 Å². The molecule has 7 heteroatoms. The van der Waals surface area contributed by atoms with Crippen molar-refractivity contribution >= 4 is 17.4 Å². The Morgan fingerprint density at radius 2 is 2.12 bits per heavy atom. The van der Waals surface area contributed by atoms with Crippen molar-refractivity contribution in [2.75, 3.05) is 20.8 Å². The fourth-order valence-corrected chi connectivity index (χ4v) is 2.98. The number of amides is 2. The van der Waals surface area contributed by atoms with Gasteiger partial charge in [0.25, 0.3) is 0 Å². The van der Waals surface area contributed by atoms with Gasteiger partial charge >= 0.3 is 6.03 Å². The lowest BCUT2D eigenvalue weighted by Crippen LogP contribution is -2.38. The fourth-order valence-electron chi connectivity index (χ4n) is 2.33. The highest BCUT2D eigenvalue weighted by Gasteiger charge is 2.14. The van der Waals surface area contributed by atoms with Crippen molar-refractivity contribution in [2.45, 2.75) is 26.3 Å². The number of rotatable bonds is 7. The number of benzene rings is 1. The van der Waals surface area contributed by atoms with Crippen LogP contribution in [-0.2, 0) is 6.42 Å². The third-order valence-electron chi connectivity index (χ3n) is 3.59. The minimum absolute atomic E-state index is 0.188. The SMILES string of the molecule is COc1ccc([C@@H](C)NC(=O)NCCc2csc(C)n2)c(OC)c1. The summed E-state index contributed by atoms with van der Waals surface area (Å²) in [5.41, 5.74) is 1.89. The van der Waals surface area contributed by atoms with Crippen LogP contribution in [0.4, 0.5) is 4.79 Å². The van der Waals surface area contributed by atoms with Crippen LogP contribution in [0.25, 0.3) is 0 Å². The lowest BCUT2D eigenvalue weighted by atomic mass is 10.1. The van der Waals surface area contributed by atoms with Crippen molar-refractivity contribution in [1.29, 1.82) is 0 Å². The molecule has 6 nitrogen and oxygen atoms in total. The molecule has 0 aliphatic carbocycles. The predicted molar refractivity (Wildman–Crippen MR) is 95.1 cm³/mol. The average molecular weight is 349 g/mol. The zero-order valence-electron chi connectivity index (χ0n) is 14.4. The zero-order valence-corrected chi connectivity index (χ0v) is 15.2. The van der Waals surface area contributed by atoms with Gasteiger partial charge in [-0.2, -0.15) is 0 Å². The first-order valence-electron chi connectivity index (χ1n) is 7.70. The first-order valence-corrected chi connectivity index (χ1v) is 8.58. The number of urea groups is 1. The molecule has 1 heterocycles. The van der Waals surface area contributed by atoms with Gasteiger partial charge in [-0.3, -0.25) is 0 Å². The summed E-state index contributed by atoms with van der Waals surface area (Å²) in [6, 6.07) is 5.13. The predicted octanol–water partition coefficient (Wildman–Crippen LogP) is 3.07. The lowest BCUT2D eigenvalue weighted by molar-refractivity contribution is 0.238. The molecule has 0 radical (unpaired) electrons. The molecule has 1 aromatic carbocycles. The van der Waals surface area contributed by atoms with Crippen LogP contribution in [0, 0.1) is 6.92 Å². The molecule has 0 saturated carbocycles. The summed E-state index contributed by atoms with van der Waals surface area (Å²) in [5, 5.41) is 8.81. The molecule has 2 N–H and O–H groups in total. The first kappa shape index (κ1) is 18.1.